The molecule has 1 aromatic carbocycles. The van der Waals surface area contributed by atoms with Gasteiger partial charge in [0.25, 0.3) is 0 Å². The van der Waals surface area contributed by atoms with Crippen molar-refractivity contribution in [3.63, 3.8) is 0 Å². The number of azo groups is 1. The van der Waals surface area contributed by atoms with Crippen molar-refractivity contribution in [1.29, 1.82) is 0 Å². The smallest absolute Gasteiger partial charge is 0.435 e. The lowest BCUT2D eigenvalue weighted by molar-refractivity contribution is -0.380. The lowest BCUT2D eigenvalue weighted by Gasteiger charge is -2.25. The van der Waals surface area contributed by atoms with Gasteiger partial charge in [0.1, 0.15) is 19.4 Å². The SMILES string of the molecule is CCOC(=O)OCCN(CCOC(=O)OCC)c1ccc(N=Nc2ncc([N+](=O)[O-])s2)c(C)c1. The van der Waals surface area contributed by atoms with Crippen LogP contribution in [0.5, 0.6) is 0 Å². The van der Waals surface area contributed by atoms with Crippen LogP contribution in [0, 0.1) is 17.0 Å². The third kappa shape index (κ3) is 8.61. The molecule has 0 radical (unpaired) electrons. The highest BCUT2D eigenvalue weighted by molar-refractivity contribution is 7.18. The van der Waals surface area contributed by atoms with Crippen LogP contribution in [-0.2, 0) is 18.9 Å². The molecule has 0 aliphatic carbocycles. The Morgan fingerprint density at radius 1 is 1.06 bits per heavy atom. The second-order valence-electron chi connectivity index (χ2n) is 6.46. The molecule has 2 aromatic rings. The predicted octanol–water partition coefficient (Wildman–Crippen LogP) is 4.93. The number of aryl methyl sites for hydroxylation is 1. The van der Waals surface area contributed by atoms with E-state index >= 15 is 0 Å². The van der Waals surface area contributed by atoms with Crippen LogP contribution in [0.15, 0.2) is 34.6 Å². The molecule has 0 atom stereocenters. The van der Waals surface area contributed by atoms with E-state index in [0.717, 1.165) is 28.8 Å². The Bertz CT molecular complexity index is 989. The summed E-state index contributed by atoms with van der Waals surface area (Å²) < 4.78 is 19.6. The number of rotatable bonds is 12. The second kappa shape index (κ2) is 13.7. The highest BCUT2D eigenvalue weighted by atomic mass is 32.1. The summed E-state index contributed by atoms with van der Waals surface area (Å²) in [5.74, 6) is 0. The quantitative estimate of drug-likeness (QED) is 0.171. The van der Waals surface area contributed by atoms with Crippen molar-refractivity contribution in [3.8, 4) is 0 Å². The van der Waals surface area contributed by atoms with E-state index in [1.807, 2.05) is 17.9 Å². The first-order valence-corrected chi connectivity index (χ1v) is 11.1. The number of hydrogen-bond donors (Lipinski definition) is 0. The Morgan fingerprint density at radius 3 is 2.18 bits per heavy atom. The van der Waals surface area contributed by atoms with Gasteiger partial charge in [0.2, 0.25) is 5.13 Å². The van der Waals surface area contributed by atoms with Crippen LogP contribution < -0.4 is 4.90 Å². The van der Waals surface area contributed by atoms with Gasteiger partial charge in [-0.3, -0.25) is 10.1 Å². The zero-order valence-corrected chi connectivity index (χ0v) is 19.8. The van der Waals surface area contributed by atoms with Crippen LogP contribution in [0.4, 0.5) is 31.1 Å². The summed E-state index contributed by atoms with van der Waals surface area (Å²) in [6.45, 7) is 6.34. The van der Waals surface area contributed by atoms with Crippen molar-refractivity contribution in [2.24, 2.45) is 10.2 Å². The fourth-order valence-electron chi connectivity index (χ4n) is 2.60. The Hall–Kier alpha value is -3.81. The maximum absolute atomic E-state index is 11.4. The number of nitro groups is 1. The van der Waals surface area contributed by atoms with Gasteiger partial charge in [0.15, 0.2) is 0 Å². The van der Waals surface area contributed by atoms with Gasteiger partial charge in [-0.1, -0.05) is 0 Å². The van der Waals surface area contributed by atoms with Crippen molar-refractivity contribution >= 4 is 45.2 Å². The molecule has 0 N–H and O–H groups in total. The van der Waals surface area contributed by atoms with E-state index in [1.165, 1.54) is 0 Å². The molecule has 0 aliphatic heterocycles. The molecule has 0 saturated heterocycles. The molecule has 0 fully saturated rings. The summed E-state index contributed by atoms with van der Waals surface area (Å²) in [6, 6.07) is 5.34. The first-order valence-electron chi connectivity index (χ1n) is 10.3. The molecular weight excluding hydrogens is 470 g/mol. The Kier molecular flexibility index (Phi) is 10.6. The number of carbonyl (C=O) groups is 2. The van der Waals surface area contributed by atoms with Gasteiger partial charge in [-0.25, -0.2) is 14.6 Å². The average Bonchev–Trinajstić information content (AvgIpc) is 3.27. The van der Waals surface area contributed by atoms with E-state index in [-0.39, 0.29) is 36.6 Å². The van der Waals surface area contributed by atoms with E-state index in [4.69, 9.17) is 18.9 Å². The zero-order chi connectivity index (χ0) is 24.9. The maximum Gasteiger partial charge on any atom is 0.508 e. The number of anilines is 1. The third-order valence-electron chi connectivity index (χ3n) is 4.14. The molecule has 1 heterocycles. The summed E-state index contributed by atoms with van der Waals surface area (Å²) in [6.07, 6.45) is -0.400. The highest BCUT2D eigenvalue weighted by Gasteiger charge is 2.13. The summed E-state index contributed by atoms with van der Waals surface area (Å²) in [4.78, 5) is 38.8. The van der Waals surface area contributed by atoms with Gasteiger partial charge >= 0.3 is 17.3 Å². The van der Waals surface area contributed by atoms with E-state index in [0.29, 0.717) is 18.8 Å². The fraction of sp³-hybridized carbons (Fsp3) is 0.450. The Labute approximate surface area is 199 Å². The second-order valence-corrected chi connectivity index (χ2v) is 7.45. The minimum Gasteiger partial charge on any atom is -0.435 e. The average molecular weight is 496 g/mol. The largest absolute Gasteiger partial charge is 0.508 e. The number of hydrogen-bond acceptors (Lipinski definition) is 13. The highest BCUT2D eigenvalue weighted by Crippen LogP contribution is 2.30. The molecule has 34 heavy (non-hydrogen) atoms. The number of nitrogens with zero attached hydrogens (tertiary/aromatic N) is 5. The summed E-state index contributed by atoms with van der Waals surface area (Å²) in [5, 5.41) is 18.9. The standard InChI is InChI=1S/C20H25N5O8S/c1-4-30-19(26)32-10-8-24(9-11-33-20(27)31-5-2)15-6-7-16(14(3)12-15)22-23-18-21-13-17(34-18)25(28)29/h6-7,12-13H,4-5,8-11H2,1-3H3. The lowest BCUT2D eigenvalue weighted by Crippen LogP contribution is -2.32. The van der Waals surface area contributed by atoms with Crippen molar-refractivity contribution in [2.75, 3.05) is 44.4 Å². The van der Waals surface area contributed by atoms with Crippen molar-refractivity contribution in [2.45, 2.75) is 20.8 Å². The van der Waals surface area contributed by atoms with Gasteiger partial charge in [0.05, 0.1) is 36.9 Å². The number of aromatic nitrogens is 1. The fourth-order valence-corrected chi connectivity index (χ4v) is 3.15. The molecular formula is C20H25N5O8S. The molecule has 0 unspecified atom stereocenters. The van der Waals surface area contributed by atoms with Crippen molar-refractivity contribution in [3.05, 3.63) is 40.1 Å². The molecule has 0 bridgehead atoms. The lowest BCUT2D eigenvalue weighted by atomic mass is 10.1. The monoisotopic (exact) mass is 495 g/mol. The normalized spacial score (nSPS) is 10.7. The number of ether oxygens (including phenoxy) is 4. The molecule has 184 valence electrons. The van der Waals surface area contributed by atoms with E-state index in [9.17, 15) is 19.7 Å². The molecule has 0 aliphatic rings. The first kappa shape index (κ1) is 26.4. The van der Waals surface area contributed by atoms with E-state index in [2.05, 4.69) is 15.2 Å². The van der Waals surface area contributed by atoms with Crippen molar-refractivity contribution < 1.29 is 33.5 Å². The zero-order valence-electron chi connectivity index (χ0n) is 19.0. The van der Waals surface area contributed by atoms with Gasteiger partial charge in [0, 0.05) is 5.69 Å². The van der Waals surface area contributed by atoms with Crippen LogP contribution in [-0.4, -0.2) is 61.7 Å². The first-order chi connectivity index (χ1) is 16.3. The minimum absolute atomic E-state index is 0.0571. The van der Waals surface area contributed by atoms with Crippen LogP contribution in [0.3, 0.4) is 0 Å². The number of carbonyl (C=O) groups excluding carboxylic acids is 2. The summed E-state index contributed by atoms with van der Waals surface area (Å²) >= 11 is 0.822. The van der Waals surface area contributed by atoms with Gasteiger partial charge < -0.3 is 23.8 Å². The molecule has 1 aromatic heterocycles. The Morgan fingerprint density at radius 2 is 1.68 bits per heavy atom. The van der Waals surface area contributed by atoms with Gasteiger partial charge in [-0.2, -0.15) is 0 Å². The van der Waals surface area contributed by atoms with E-state index in [1.54, 1.807) is 26.0 Å². The summed E-state index contributed by atoms with van der Waals surface area (Å²) in [5.41, 5.74) is 2.09. The summed E-state index contributed by atoms with van der Waals surface area (Å²) in [7, 11) is 0. The predicted molar refractivity (Wildman–Crippen MR) is 122 cm³/mol. The molecule has 2 rings (SSSR count). The third-order valence-corrected chi connectivity index (χ3v) is 4.97. The number of benzene rings is 1. The maximum atomic E-state index is 11.4. The topological polar surface area (TPSA) is 155 Å². The van der Waals surface area contributed by atoms with Crippen LogP contribution in [0.1, 0.15) is 19.4 Å². The molecule has 14 heteroatoms. The van der Waals surface area contributed by atoms with Gasteiger partial charge in [-0.05, 0) is 55.9 Å². The van der Waals surface area contributed by atoms with Crippen LogP contribution in [0.2, 0.25) is 0 Å². The Balaban J connectivity index is 2.08. The van der Waals surface area contributed by atoms with Gasteiger partial charge in [-0.15, -0.1) is 10.2 Å². The van der Waals surface area contributed by atoms with Crippen LogP contribution in [0.25, 0.3) is 0 Å². The number of thiazole rings is 1. The molecule has 0 amide bonds. The van der Waals surface area contributed by atoms with Crippen molar-refractivity contribution in [1.82, 2.24) is 4.98 Å². The van der Waals surface area contributed by atoms with Crippen LogP contribution >= 0.6 is 11.3 Å². The minimum atomic E-state index is -0.764. The molecule has 0 saturated carbocycles. The van der Waals surface area contributed by atoms with E-state index < -0.39 is 17.2 Å². The molecule has 13 nitrogen and oxygen atoms in total. The molecule has 0 spiro atoms.